The number of benzene rings is 1. The van der Waals surface area contributed by atoms with Crippen molar-refractivity contribution in [3.8, 4) is 6.07 Å². The van der Waals surface area contributed by atoms with Gasteiger partial charge in [-0.25, -0.2) is 0 Å². The summed E-state index contributed by atoms with van der Waals surface area (Å²) < 4.78 is 0. The van der Waals surface area contributed by atoms with E-state index in [0.29, 0.717) is 22.2 Å². The summed E-state index contributed by atoms with van der Waals surface area (Å²) in [6, 6.07) is 6.67. The molecule has 84 valence electrons. The summed E-state index contributed by atoms with van der Waals surface area (Å²) in [5, 5.41) is 11.9. The van der Waals surface area contributed by atoms with Gasteiger partial charge in [-0.05, 0) is 25.1 Å². The highest BCUT2D eigenvalue weighted by atomic mass is 35.5. The van der Waals surface area contributed by atoms with Crippen LogP contribution < -0.4 is 5.32 Å². The first-order chi connectivity index (χ1) is 7.54. The molecule has 1 aromatic rings. The lowest BCUT2D eigenvalue weighted by Gasteiger charge is -2.06. The van der Waals surface area contributed by atoms with Crippen LogP contribution in [0.2, 0.25) is 10.0 Å². The average molecular weight is 257 g/mol. The third-order valence-electron chi connectivity index (χ3n) is 1.97. The second kappa shape index (κ2) is 5.74. The van der Waals surface area contributed by atoms with E-state index in [4.69, 9.17) is 28.5 Å². The first-order valence-corrected chi connectivity index (χ1v) is 5.43. The minimum Gasteiger partial charge on any atom is -0.351 e. The van der Waals surface area contributed by atoms with Gasteiger partial charge in [-0.3, -0.25) is 4.79 Å². The van der Waals surface area contributed by atoms with E-state index < -0.39 is 0 Å². The molecule has 0 heterocycles. The molecule has 0 aliphatic carbocycles. The summed E-state index contributed by atoms with van der Waals surface area (Å²) >= 11 is 11.5. The van der Waals surface area contributed by atoms with Crippen LogP contribution in [-0.2, 0) is 0 Å². The van der Waals surface area contributed by atoms with Gasteiger partial charge in [0.25, 0.3) is 5.91 Å². The van der Waals surface area contributed by atoms with Crippen LogP contribution in [0.1, 0.15) is 17.3 Å². The second-order valence-electron chi connectivity index (χ2n) is 3.37. The summed E-state index contributed by atoms with van der Waals surface area (Å²) in [6.07, 6.45) is 0. The van der Waals surface area contributed by atoms with Gasteiger partial charge in [0.15, 0.2) is 0 Å². The van der Waals surface area contributed by atoms with Crippen molar-refractivity contribution in [3.63, 3.8) is 0 Å². The zero-order valence-electron chi connectivity index (χ0n) is 8.63. The Labute approximate surface area is 104 Å². The smallest absolute Gasteiger partial charge is 0.251 e. The number of halogens is 2. The molecule has 0 aliphatic heterocycles. The Morgan fingerprint density at radius 3 is 2.75 bits per heavy atom. The number of amides is 1. The molecule has 0 bridgehead atoms. The lowest BCUT2D eigenvalue weighted by Crippen LogP contribution is -2.27. The topological polar surface area (TPSA) is 52.9 Å². The van der Waals surface area contributed by atoms with Gasteiger partial charge in [-0.15, -0.1) is 0 Å². The Balaban J connectivity index is 2.67. The van der Waals surface area contributed by atoms with E-state index in [9.17, 15) is 4.79 Å². The van der Waals surface area contributed by atoms with E-state index in [1.807, 2.05) is 6.07 Å². The van der Waals surface area contributed by atoms with Crippen molar-refractivity contribution in [1.29, 1.82) is 5.26 Å². The largest absolute Gasteiger partial charge is 0.351 e. The Morgan fingerprint density at radius 2 is 2.19 bits per heavy atom. The molecule has 1 rings (SSSR count). The molecular formula is C11H10Cl2N2O. The minimum absolute atomic E-state index is 0.216. The third kappa shape index (κ3) is 3.41. The monoisotopic (exact) mass is 256 g/mol. The number of nitrogens with one attached hydrogen (secondary N) is 1. The summed E-state index contributed by atoms with van der Waals surface area (Å²) in [4.78, 5) is 11.6. The fourth-order valence-corrected chi connectivity index (χ4v) is 1.33. The van der Waals surface area contributed by atoms with Crippen molar-refractivity contribution >= 4 is 29.1 Å². The number of hydrogen-bond donors (Lipinski definition) is 1. The van der Waals surface area contributed by atoms with Crippen molar-refractivity contribution in [3.05, 3.63) is 33.8 Å². The second-order valence-corrected chi connectivity index (χ2v) is 4.18. The maximum atomic E-state index is 11.6. The van der Waals surface area contributed by atoms with Crippen LogP contribution in [0.25, 0.3) is 0 Å². The van der Waals surface area contributed by atoms with Crippen LogP contribution in [0.3, 0.4) is 0 Å². The molecule has 0 fully saturated rings. The molecule has 1 amide bonds. The number of carbonyl (C=O) groups excluding carboxylic acids is 1. The first kappa shape index (κ1) is 12.8. The van der Waals surface area contributed by atoms with Gasteiger partial charge in [0.05, 0.1) is 22.0 Å². The van der Waals surface area contributed by atoms with Crippen molar-refractivity contribution in [2.45, 2.75) is 6.92 Å². The van der Waals surface area contributed by atoms with E-state index >= 15 is 0 Å². The van der Waals surface area contributed by atoms with Crippen LogP contribution in [-0.4, -0.2) is 12.5 Å². The number of carbonyl (C=O) groups is 1. The Hall–Kier alpha value is -1.24. The van der Waals surface area contributed by atoms with Crippen molar-refractivity contribution in [1.82, 2.24) is 5.32 Å². The highest BCUT2D eigenvalue weighted by Crippen LogP contribution is 2.22. The fourth-order valence-electron chi connectivity index (χ4n) is 1.03. The molecular weight excluding hydrogens is 247 g/mol. The Morgan fingerprint density at radius 1 is 1.50 bits per heavy atom. The predicted molar refractivity (Wildman–Crippen MR) is 63.6 cm³/mol. The number of nitriles is 1. The van der Waals surface area contributed by atoms with Gasteiger partial charge in [0.2, 0.25) is 0 Å². The summed E-state index contributed by atoms with van der Waals surface area (Å²) in [5.41, 5.74) is 0.430. The molecule has 1 N–H and O–H groups in total. The van der Waals surface area contributed by atoms with Crippen LogP contribution in [0.4, 0.5) is 0 Å². The Kier molecular flexibility index (Phi) is 4.60. The average Bonchev–Trinajstić information content (AvgIpc) is 2.29. The summed E-state index contributed by atoms with van der Waals surface area (Å²) in [5.74, 6) is -0.479. The van der Waals surface area contributed by atoms with E-state index in [1.54, 1.807) is 19.1 Å². The molecule has 0 saturated carbocycles. The minimum atomic E-state index is -0.263. The Bertz CT molecular complexity index is 440. The van der Waals surface area contributed by atoms with Gasteiger partial charge in [0, 0.05) is 12.1 Å². The zero-order valence-corrected chi connectivity index (χ0v) is 10.1. The normalized spacial score (nSPS) is 11.6. The van der Waals surface area contributed by atoms with E-state index in [2.05, 4.69) is 5.32 Å². The lowest BCUT2D eigenvalue weighted by atomic mass is 10.2. The quantitative estimate of drug-likeness (QED) is 0.905. The molecule has 0 spiro atoms. The molecule has 5 heteroatoms. The maximum Gasteiger partial charge on any atom is 0.251 e. The molecule has 1 atom stereocenters. The van der Waals surface area contributed by atoms with E-state index in [1.165, 1.54) is 6.07 Å². The zero-order chi connectivity index (χ0) is 12.1. The van der Waals surface area contributed by atoms with Gasteiger partial charge < -0.3 is 5.32 Å². The molecule has 1 aromatic carbocycles. The van der Waals surface area contributed by atoms with Crippen molar-refractivity contribution < 1.29 is 4.79 Å². The number of hydrogen-bond acceptors (Lipinski definition) is 2. The molecule has 0 saturated heterocycles. The molecule has 0 aliphatic rings. The molecule has 1 unspecified atom stereocenters. The molecule has 0 radical (unpaired) electrons. The molecule has 0 aromatic heterocycles. The molecule has 16 heavy (non-hydrogen) atoms. The lowest BCUT2D eigenvalue weighted by molar-refractivity contribution is 0.0951. The van der Waals surface area contributed by atoms with Crippen molar-refractivity contribution in [2.75, 3.05) is 6.54 Å². The van der Waals surface area contributed by atoms with Crippen molar-refractivity contribution in [2.24, 2.45) is 5.92 Å². The van der Waals surface area contributed by atoms with Crippen LogP contribution in [0, 0.1) is 17.2 Å². The third-order valence-corrected chi connectivity index (χ3v) is 2.71. The molecule has 3 nitrogen and oxygen atoms in total. The summed E-state index contributed by atoms with van der Waals surface area (Å²) in [6.45, 7) is 2.05. The van der Waals surface area contributed by atoms with Gasteiger partial charge in [-0.1, -0.05) is 23.2 Å². The van der Waals surface area contributed by atoms with E-state index in [0.717, 1.165) is 0 Å². The van der Waals surface area contributed by atoms with Crippen LogP contribution >= 0.6 is 23.2 Å². The number of nitrogens with zero attached hydrogens (tertiary/aromatic N) is 1. The number of rotatable bonds is 3. The highest BCUT2D eigenvalue weighted by molar-refractivity contribution is 6.42. The SMILES string of the molecule is CC(C#N)CNC(=O)c1ccc(Cl)c(Cl)c1. The highest BCUT2D eigenvalue weighted by Gasteiger charge is 2.08. The van der Waals surface area contributed by atoms with E-state index in [-0.39, 0.29) is 11.8 Å². The van der Waals surface area contributed by atoms with Crippen LogP contribution in [0.5, 0.6) is 0 Å². The summed E-state index contributed by atoms with van der Waals surface area (Å²) in [7, 11) is 0. The fraction of sp³-hybridized carbons (Fsp3) is 0.273. The van der Waals surface area contributed by atoms with Gasteiger partial charge in [-0.2, -0.15) is 5.26 Å². The van der Waals surface area contributed by atoms with Crippen LogP contribution in [0.15, 0.2) is 18.2 Å². The first-order valence-electron chi connectivity index (χ1n) is 4.67. The van der Waals surface area contributed by atoms with Gasteiger partial charge in [0.1, 0.15) is 0 Å². The predicted octanol–water partition coefficient (Wildman–Crippen LogP) is 2.88. The van der Waals surface area contributed by atoms with Gasteiger partial charge >= 0.3 is 0 Å². The standard InChI is InChI=1S/C11H10Cl2N2O/c1-7(5-14)6-15-11(16)8-2-3-9(12)10(13)4-8/h2-4,7H,6H2,1H3,(H,15,16). The maximum absolute atomic E-state index is 11.6.